The van der Waals surface area contributed by atoms with Crippen LogP contribution in [0.25, 0.3) is 0 Å². The van der Waals surface area contributed by atoms with Crippen molar-refractivity contribution in [2.24, 2.45) is 0 Å². The summed E-state index contributed by atoms with van der Waals surface area (Å²) in [6.45, 7) is 5.85. The number of amides is 2. The highest BCUT2D eigenvalue weighted by atomic mass is 79.9. The maximum atomic E-state index is 12.3. The molecule has 0 aromatic heterocycles. The van der Waals surface area contributed by atoms with Crippen molar-refractivity contribution in [2.45, 2.75) is 39.2 Å². The topological polar surface area (TPSA) is 76.7 Å². The van der Waals surface area contributed by atoms with Crippen LogP contribution in [0.2, 0.25) is 0 Å². The van der Waals surface area contributed by atoms with E-state index in [4.69, 9.17) is 9.47 Å². The van der Waals surface area contributed by atoms with E-state index in [1.54, 1.807) is 32.2 Å². The third kappa shape index (κ3) is 5.48. The van der Waals surface area contributed by atoms with Gasteiger partial charge < -0.3 is 9.47 Å². The first-order valence-corrected chi connectivity index (χ1v) is 9.86. The molecule has 6 nitrogen and oxygen atoms in total. The van der Waals surface area contributed by atoms with E-state index in [1.165, 1.54) is 0 Å². The monoisotopic (exact) mass is 448 g/mol. The fraction of sp³-hybridized carbons (Fsp3) is 0.333. The zero-order valence-electron chi connectivity index (χ0n) is 16.4. The van der Waals surface area contributed by atoms with Crippen LogP contribution in [0.15, 0.2) is 46.9 Å². The molecule has 0 aliphatic heterocycles. The van der Waals surface area contributed by atoms with Gasteiger partial charge in [0.1, 0.15) is 11.5 Å². The van der Waals surface area contributed by atoms with E-state index in [1.807, 2.05) is 24.3 Å². The highest BCUT2D eigenvalue weighted by molar-refractivity contribution is 9.10. The van der Waals surface area contributed by atoms with E-state index in [2.05, 4.69) is 40.6 Å². The Morgan fingerprint density at radius 1 is 1.07 bits per heavy atom. The van der Waals surface area contributed by atoms with E-state index < -0.39 is 17.9 Å². The number of benzene rings is 2. The summed E-state index contributed by atoms with van der Waals surface area (Å²) in [5.41, 5.74) is 6.23. The van der Waals surface area contributed by atoms with Crippen molar-refractivity contribution in [2.75, 3.05) is 7.11 Å². The van der Waals surface area contributed by atoms with E-state index in [9.17, 15) is 9.59 Å². The number of hydrazine groups is 1. The summed E-state index contributed by atoms with van der Waals surface area (Å²) in [7, 11) is 1.54. The highest BCUT2D eigenvalue weighted by Crippen LogP contribution is 2.29. The first kappa shape index (κ1) is 21.8. The predicted molar refractivity (Wildman–Crippen MR) is 112 cm³/mol. The number of carbonyl (C=O) groups excluding carboxylic acids is 2. The van der Waals surface area contributed by atoms with Gasteiger partial charge in [0, 0.05) is 5.56 Å². The van der Waals surface area contributed by atoms with Crippen molar-refractivity contribution in [3.05, 3.63) is 58.1 Å². The second kappa shape index (κ2) is 10.1. The van der Waals surface area contributed by atoms with Crippen molar-refractivity contribution >= 4 is 27.7 Å². The predicted octanol–water partition coefficient (Wildman–Crippen LogP) is 4.20. The van der Waals surface area contributed by atoms with Gasteiger partial charge in [0.15, 0.2) is 6.10 Å². The number of carbonyl (C=O) groups is 2. The Morgan fingerprint density at radius 3 is 2.43 bits per heavy atom. The normalized spacial score (nSPS) is 12.6. The molecule has 0 saturated heterocycles. The Labute approximate surface area is 173 Å². The lowest BCUT2D eigenvalue weighted by Crippen LogP contribution is -2.47. The third-order valence-corrected chi connectivity index (χ3v) is 5.07. The quantitative estimate of drug-likeness (QED) is 0.622. The minimum absolute atomic E-state index is 0.319. The SMILES string of the molecule is CCC(C)c1ccccc1OC(C)C(=O)NNC(=O)c1ccc(OC)c(Br)c1. The van der Waals surface area contributed by atoms with Crippen LogP contribution in [0.4, 0.5) is 0 Å². The average molecular weight is 449 g/mol. The lowest BCUT2D eigenvalue weighted by Gasteiger charge is -2.19. The minimum atomic E-state index is -0.770. The number of hydrogen-bond acceptors (Lipinski definition) is 4. The number of nitrogens with one attached hydrogen (secondary N) is 2. The molecule has 0 fully saturated rings. The van der Waals surface area contributed by atoms with Gasteiger partial charge in [-0.05, 0) is 65.0 Å². The van der Waals surface area contributed by atoms with Crippen LogP contribution in [0.5, 0.6) is 11.5 Å². The van der Waals surface area contributed by atoms with Gasteiger partial charge in [-0.3, -0.25) is 20.4 Å². The summed E-state index contributed by atoms with van der Waals surface area (Å²) in [5.74, 6) is 0.718. The molecule has 0 saturated carbocycles. The van der Waals surface area contributed by atoms with Crippen molar-refractivity contribution in [1.82, 2.24) is 10.9 Å². The summed E-state index contributed by atoms with van der Waals surface area (Å²) in [6.07, 6.45) is 0.196. The zero-order chi connectivity index (χ0) is 20.7. The fourth-order valence-electron chi connectivity index (χ4n) is 2.56. The van der Waals surface area contributed by atoms with Crippen LogP contribution >= 0.6 is 15.9 Å². The summed E-state index contributed by atoms with van der Waals surface area (Å²) in [5, 5.41) is 0. The molecule has 2 N–H and O–H groups in total. The molecule has 0 aliphatic rings. The van der Waals surface area contributed by atoms with Gasteiger partial charge in [-0.15, -0.1) is 0 Å². The van der Waals surface area contributed by atoms with Crippen LogP contribution in [0.3, 0.4) is 0 Å². The Balaban J connectivity index is 1.96. The molecule has 150 valence electrons. The van der Waals surface area contributed by atoms with Crippen LogP contribution in [-0.2, 0) is 4.79 Å². The van der Waals surface area contributed by atoms with E-state index in [-0.39, 0.29) is 0 Å². The van der Waals surface area contributed by atoms with Crippen LogP contribution in [0, 0.1) is 0 Å². The number of halogens is 1. The molecular weight excluding hydrogens is 424 g/mol. The molecule has 28 heavy (non-hydrogen) atoms. The van der Waals surface area contributed by atoms with Crippen LogP contribution < -0.4 is 20.3 Å². The molecule has 0 radical (unpaired) electrons. The van der Waals surface area contributed by atoms with Crippen molar-refractivity contribution in [3.63, 3.8) is 0 Å². The lowest BCUT2D eigenvalue weighted by atomic mass is 9.98. The molecule has 2 rings (SSSR count). The molecule has 2 atom stereocenters. The Hall–Kier alpha value is -2.54. The molecule has 0 aliphatic carbocycles. The lowest BCUT2D eigenvalue weighted by molar-refractivity contribution is -0.128. The number of rotatable bonds is 7. The molecule has 2 aromatic carbocycles. The van der Waals surface area contributed by atoms with Gasteiger partial charge in [0.05, 0.1) is 11.6 Å². The van der Waals surface area contributed by atoms with Crippen molar-refractivity contribution < 1.29 is 19.1 Å². The Bertz CT molecular complexity index is 841. The largest absolute Gasteiger partial charge is 0.496 e. The Kier molecular flexibility index (Phi) is 7.87. The number of hydrogen-bond donors (Lipinski definition) is 2. The third-order valence-electron chi connectivity index (χ3n) is 4.45. The summed E-state index contributed by atoms with van der Waals surface area (Å²) in [6, 6.07) is 12.5. The number of ether oxygens (including phenoxy) is 2. The van der Waals surface area contributed by atoms with E-state index >= 15 is 0 Å². The second-order valence-electron chi connectivity index (χ2n) is 6.40. The molecule has 0 bridgehead atoms. The van der Waals surface area contributed by atoms with Crippen LogP contribution in [0.1, 0.15) is 49.0 Å². The average Bonchev–Trinajstić information content (AvgIpc) is 2.71. The van der Waals surface area contributed by atoms with Gasteiger partial charge in [0.25, 0.3) is 11.8 Å². The van der Waals surface area contributed by atoms with E-state index in [0.717, 1.165) is 12.0 Å². The molecule has 2 unspecified atom stereocenters. The minimum Gasteiger partial charge on any atom is -0.496 e. The molecule has 2 amide bonds. The van der Waals surface area contributed by atoms with Gasteiger partial charge in [-0.2, -0.15) is 0 Å². The smallest absolute Gasteiger partial charge is 0.279 e. The maximum Gasteiger partial charge on any atom is 0.279 e. The molecule has 0 heterocycles. The first-order chi connectivity index (χ1) is 13.4. The number of methoxy groups -OCH3 is 1. The van der Waals surface area contributed by atoms with Gasteiger partial charge in [-0.25, -0.2) is 0 Å². The first-order valence-electron chi connectivity index (χ1n) is 9.06. The van der Waals surface area contributed by atoms with Crippen molar-refractivity contribution in [3.8, 4) is 11.5 Å². The van der Waals surface area contributed by atoms with Gasteiger partial charge >= 0.3 is 0 Å². The molecule has 2 aromatic rings. The summed E-state index contributed by atoms with van der Waals surface area (Å²) >= 11 is 3.33. The second-order valence-corrected chi connectivity index (χ2v) is 7.25. The van der Waals surface area contributed by atoms with Gasteiger partial charge in [0.2, 0.25) is 0 Å². The standard InChI is InChI=1S/C21H25BrN2O4/c1-5-13(2)16-8-6-7-9-18(16)28-14(3)20(25)23-24-21(26)15-10-11-19(27-4)17(22)12-15/h6-14H,5H2,1-4H3,(H,23,25)(H,24,26). The van der Waals surface area contributed by atoms with Crippen molar-refractivity contribution in [1.29, 1.82) is 0 Å². The van der Waals surface area contributed by atoms with Crippen LogP contribution in [-0.4, -0.2) is 25.0 Å². The zero-order valence-corrected chi connectivity index (χ0v) is 18.0. The van der Waals surface area contributed by atoms with Gasteiger partial charge in [-0.1, -0.05) is 32.0 Å². The molecule has 0 spiro atoms. The number of para-hydroxylation sites is 1. The molecular formula is C21H25BrN2O4. The van der Waals surface area contributed by atoms with E-state index in [0.29, 0.717) is 27.5 Å². The Morgan fingerprint density at radius 2 is 1.79 bits per heavy atom. The fourth-order valence-corrected chi connectivity index (χ4v) is 3.10. The molecule has 7 heteroatoms. The highest BCUT2D eigenvalue weighted by Gasteiger charge is 2.19. The maximum absolute atomic E-state index is 12.3. The summed E-state index contributed by atoms with van der Waals surface area (Å²) in [4.78, 5) is 24.6. The summed E-state index contributed by atoms with van der Waals surface area (Å²) < 4.78 is 11.6.